The van der Waals surface area contributed by atoms with Gasteiger partial charge in [-0.05, 0) is 38.4 Å². The Bertz CT molecular complexity index is 662. The fourth-order valence-corrected chi connectivity index (χ4v) is 4.41. The lowest BCUT2D eigenvalue weighted by Gasteiger charge is -2.39. The van der Waals surface area contributed by atoms with Crippen molar-refractivity contribution in [2.45, 2.75) is 44.4 Å². The van der Waals surface area contributed by atoms with Crippen LogP contribution in [-0.4, -0.2) is 51.4 Å². The molecule has 0 aromatic carbocycles. The maximum absolute atomic E-state index is 6.27. The molecule has 0 bridgehead atoms. The maximum atomic E-state index is 6.27. The predicted molar refractivity (Wildman–Crippen MR) is 94.1 cm³/mol. The largest absolute Gasteiger partial charge is 0.371 e. The van der Waals surface area contributed by atoms with Gasteiger partial charge in [0.05, 0.1) is 30.5 Å². The summed E-state index contributed by atoms with van der Waals surface area (Å²) in [5, 5.41) is 15.0. The van der Waals surface area contributed by atoms with Crippen molar-refractivity contribution in [1.82, 2.24) is 20.1 Å². The Labute approximate surface area is 146 Å². The summed E-state index contributed by atoms with van der Waals surface area (Å²) in [5.74, 6) is 0.835. The second-order valence-corrected chi connectivity index (χ2v) is 7.82. The molecule has 0 aliphatic carbocycles. The number of aryl methyl sites for hydroxylation is 1. The zero-order valence-corrected chi connectivity index (χ0v) is 14.8. The van der Waals surface area contributed by atoms with Crippen molar-refractivity contribution < 1.29 is 4.74 Å². The van der Waals surface area contributed by atoms with Crippen molar-refractivity contribution >= 4 is 17.2 Å². The molecule has 2 aliphatic rings. The first-order valence-corrected chi connectivity index (χ1v) is 9.40. The molecular weight excluding hydrogens is 322 g/mol. The second kappa shape index (κ2) is 6.74. The Hall–Kier alpha value is -1.57. The minimum absolute atomic E-state index is 0.0225. The molecule has 24 heavy (non-hydrogen) atoms. The Morgan fingerprint density at radius 3 is 3.17 bits per heavy atom. The van der Waals surface area contributed by atoms with Crippen LogP contribution in [0.15, 0.2) is 23.7 Å². The molecule has 2 aromatic rings. The van der Waals surface area contributed by atoms with Gasteiger partial charge >= 0.3 is 0 Å². The third kappa shape index (κ3) is 3.58. The lowest BCUT2D eigenvalue weighted by Crippen LogP contribution is -2.47. The molecule has 2 unspecified atom stereocenters. The van der Waals surface area contributed by atoms with Gasteiger partial charge in [-0.15, -0.1) is 16.4 Å². The number of nitrogens with one attached hydrogen (secondary N) is 1. The lowest BCUT2D eigenvalue weighted by molar-refractivity contribution is -0.0533. The molecule has 7 heteroatoms. The normalized spacial score (nSPS) is 27.6. The van der Waals surface area contributed by atoms with E-state index in [1.165, 1.54) is 11.4 Å². The minimum Gasteiger partial charge on any atom is -0.371 e. The number of ether oxygens (including phenoxy) is 1. The number of hydrogen-bond acceptors (Lipinski definition) is 7. The summed E-state index contributed by atoms with van der Waals surface area (Å²) < 4.78 is 6.27. The zero-order valence-electron chi connectivity index (χ0n) is 13.9. The highest BCUT2D eigenvalue weighted by Crippen LogP contribution is 2.36. The van der Waals surface area contributed by atoms with E-state index in [4.69, 9.17) is 4.74 Å². The first-order chi connectivity index (χ1) is 11.7. The summed E-state index contributed by atoms with van der Waals surface area (Å²) in [6, 6.07) is 4.28. The summed E-state index contributed by atoms with van der Waals surface area (Å²) >= 11 is 1.73. The second-order valence-electron chi connectivity index (χ2n) is 6.84. The van der Waals surface area contributed by atoms with E-state index in [-0.39, 0.29) is 5.60 Å². The van der Waals surface area contributed by atoms with Crippen LogP contribution in [0.2, 0.25) is 0 Å². The average molecular weight is 345 g/mol. The van der Waals surface area contributed by atoms with Gasteiger partial charge < -0.3 is 10.1 Å². The van der Waals surface area contributed by atoms with Gasteiger partial charge in [-0.2, -0.15) is 5.10 Å². The van der Waals surface area contributed by atoms with Crippen LogP contribution in [0, 0.1) is 6.92 Å². The van der Waals surface area contributed by atoms with E-state index in [9.17, 15) is 0 Å². The van der Waals surface area contributed by atoms with Crippen molar-refractivity contribution in [3.05, 3.63) is 34.4 Å². The average Bonchev–Trinajstić information content (AvgIpc) is 3.21. The van der Waals surface area contributed by atoms with Crippen LogP contribution in [0.5, 0.6) is 0 Å². The van der Waals surface area contributed by atoms with E-state index in [0.29, 0.717) is 6.04 Å². The Morgan fingerprint density at radius 2 is 2.38 bits per heavy atom. The van der Waals surface area contributed by atoms with Crippen LogP contribution in [-0.2, 0) is 11.3 Å². The molecule has 4 rings (SSSR count). The van der Waals surface area contributed by atoms with Crippen LogP contribution >= 0.6 is 11.3 Å². The third-order valence-electron chi connectivity index (χ3n) is 4.82. The minimum atomic E-state index is -0.0225. The molecule has 2 saturated heterocycles. The van der Waals surface area contributed by atoms with E-state index in [1.807, 2.05) is 30.6 Å². The Balaban J connectivity index is 1.36. The fourth-order valence-electron chi connectivity index (χ4n) is 3.75. The number of anilines is 1. The summed E-state index contributed by atoms with van der Waals surface area (Å²) in [4.78, 5) is 6.89. The van der Waals surface area contributed by atoms with Gasteiger partial charge in [0.25, 0.3) is 0 Å². The first kappa shape index (κ1) is 15.9. The molecule has 0 amide bonds. The number of thiazole rings is 1. The number of hydrogen-bond donors (Lipinski definition) is 1. The molecule has 1 spiro atoms. The molecule has 1 N–H and O–H groups in total. The molecule has 2 atom stereocenters. The summed E-state index contributed by atoms with van der Waals surface area (Å²) in [6.07, 6.45) is 5.23. The highest BCUT2D eigenvalue weighted by molar-refractivity contribution is 7.09. The van der Waals surface area contributed by atoms with Crippen LogP contribution in [0.4, 0.5) is 5.82 Å². The molecule has 128 valence electrons. The van der Waals surface area contributed by atoms with Crippen molar-refractivity contribution in [2.24, 2.45) is 0 Å². The van der Waals surface area contributed by atoms with Crippen LogP contribution in [0.1, 0.15) is 30.0 Å². The van der Waals surface area contributed by atoms with Crippen LogP contribution in [0.25, 0.3) is 0 Å². The quantitative estimate of drug-likeness (QED) is 0.918. The SMILES string of the molecule is Cc1ccc(NC2COC3(CCCN(Cc4nccs4)C3)C2)nn1. The molecular formula is C17H23N5OS. The van der Waals surface area contributed by atoms with Gasteiger partial charge in [-0.25, -0.2) is 4.98 Å². The number of aromatic nitrogens is 3. The summed E-state index contributed by atoms with van der Waals surface area (Å²) in [7, 11) is 0. The number of piperidine rings is 1. The van der Waals surface area contributed by atoms with Crippen molar-refractivity contribution in [1.29, 1.82) is 0 Å². The molecule has 0 saturated carbocycles. The van der Waals surface area contributed by atoms with E-state index in [0.717, 1.165) is 50.6 Å². The first-order valence-electron chi connectivity index (χ1n) is 8.52. The van der Waals surface area contributed by atoms with Gasteiger partial charge in [0.1, 0.15) is 10.8 Å². The van der Waals surface area contributed by atoms with Crippen molar-refractivity contribution in [3.63, 3.8) is 0 Å². The highest BCUT2D eigenvalue weighted by Gasteiger charge is 2.43. The topological polar surface area (TPSA) is 63.2 Å². The van der Waals surface area contributed by atoms with E-state index >= 15 is 0 Å². The highest BCUT2D eigenvalue weighted by atomic mass is 32.1. The number of nitrogens with zero attached hydrogens (tertiary/aromatic N) is 4. The molecule has 0 radical (unpaired) electrons. The number of likely N-dealkylation sites (tertiary alicyclic amines) is 1. The summed E-state index contributed by atoms with van der Waals surface area (Å²) in [6.45, 7) is 5.74. The van der Waals surface area contributed by atoms with E-state index < -0.39 is 0 Å². The van der Waals surface area contributed by atoms with Crippen LogP contribution < -0.4 is 5.32 Å². The monoisotopic (exact) mass is 345 g/mol. The standard InChI is InChI=1S/C17H23N5OS/c1-13-3-4-15(21-20-13)19-14-9-17(23-11-14)5-2-7-22(12-17)10-16-18-6-8-24-16/h3-4,6,8,14H,2,5,7,9-12H2,1H3,(H,19,21). The van der Waals surface area contributed by atoms with E-state index in [2.05, 4.69) is 25.4 Å². The Kier molecular flexibility index (Phi) is 4.47. The number of rotatable bonds is 4. The van der Waals surface area contributed by atoms with Gasteiger partial charge in [0.2, 0.25) is 0 Å². The summed E-state index contributed by atoms with van der Waals surface area (Å²) in [5.41, 5.74) is 0.912. The maximum Gasteiger partial charge on any atom is 0.148 e. The van der Waals surface area contributed by atoms with Gasteiger partial charge in [-0.3, -0.25) is 4.90 Å². The third-order valence-corrected chi connectivity index (χ3v) is 5.58. The molecule has 2 aliphatic heterocycles. The van der Waals surface area contributed by atoms with Gasteiger partial charge in [0, 0.05) is 24.5 Å². The van der Waals surface area contributed by atoms with Gasteiger partial charge in [0.15, 0.2) is 0 Å². The molecule has 2 fully saturated rings. The fraction of sp³-hybridized carbons (Fsp3) is 0.588. The van der Waals surface area contributed by atoms with Crippen molar-refractivity contribution in [3.8, 4) is 0 Å². The lowest BCUT2D eigenvalue weighted by atomic mass is 9.88. The molecule has 2 aromatic heterocycles. The zero-order chi connectivity index (χ0) is 16.4. The van der Waals surface area contributed by atoms with E-state index in [1.54, 1.807) is 11.3 Å². The molecule has 6 nitrogen and oxygen atoms in total. The van der Waals surface area contributed by atoms with Crippen LogP contribution in [0.3, 0.4) is 0 Å². The van der Waals surface area contributed by atoms with Crippen molar-refractivity contribution in [2.75, 3.05) is 25.0 Å². The molecule has 4 heterocycles. The predicted octanol–water partition coefficient (Wildman–Crippen LogP) is 2.48. The Morgan fingerprint density at radius 1 is 1.42 bits per heavy atom. The van der Waals surface area contributed by atoms with Gasteiger partial charge in [-0.1, -0.05) is 0 Å². The smallest absolute Gasteiger partial charge is 0.148 e.